The summed E-state index contributed by atoms with van der Waals surface area (Å²) >= 11 is 0. The van der Waals surface area contributed by atoms with E-state index in [1.54, 1.807) is 0 Å². The Morgan fingerprint density at radius 2 is 1.11 bits per heavy atom. The minimum atomic E-state index is -1.65. The van der Waals surface area contributed by atoms with Crippen LogP contribution in [0, 0.1) is 20.8 Å². The maximum atomic E-state index is 3.94. The molecule has 28 heavy (non-hydrogen) atoms. The Balaban J connectivity index is 2.43. The molecule has 0 saturated heterocycles. The zero-order valence-corrected chi connectivity index (χ0v) is 18.9. The molecule has 0 aromatic heterocycles. The van der Waals surface area contributed by atoms with Gasteiger partial charge >= 0.3 is 0 Å². The van der Waals surface area contributed by atoms with Crippen molar-refractivity contribution in [2.24, 2.45) is 0 Å². The van der Waals surface area contributed by atoms with E-state index in [4.69, 9.17) is 0 Å². The van der Waals surface area contributed by atoms with Gasteiger partial charge in [0.15, 0.2) is 0 Å². The summed E-state index contributed by atoms with van der Waals surface area (Å²) in [5, 5.41) is 1.39. The second-order valence-electron chi connectivity index (χ2n) is 8.63. The van der Waals surface area contributed by atoms with Gasteiger partial charge in [0.05, 0.1) is 8.07 Å². The van der Waals surface area contributed by atoms with E-state index in [-0.39, 0.29) is 0 Å². The lowest BCUT2D eigenvalue weighted by Gasteiger charge is -2.24. The summed E-state index contributed by atoms with van der Waals surface area (Å²) in [7, 11) is -1.65. The van der Waals surface area contributed by atoms with E-state index in [9.17, 15) is 0 Å². The fourth-order valence-corrected chi connectivity index (χ4v) is 5.49. The predicted octanol–water partition coefficient (Wildman–Crippen LogP) is 7.60. The van der Waals surface area contributed by atoms with E-state index in [0.717, 1.165) is 0 Å². The van der Waals surface area contributed by atoms with Crippen molar-refractivity contribution < 1.29 is 0 Å². The van der Waals surface area contributed by atoms with Crippen LogP contribution in [-0.4, -0.2) is 8.07 Å². The van der Waals surface area contributed by atoms with E-state index in [0.29, 0.717) is 0 Å². The van der Waals surface area contributed by atoms with Gasteiger partial charge in [-0.2, -0.15) is 0 Å². The summed E-state index contributed by atoms with van der Waals surface area (Å²) in [6, 6.07) is 25.9. The number of hydrogen-bond acceptors (Lipinski definition) is 0. The Labute approximate surface area is 171 Å². The molecule has 3 rings (SSSR count). The molecule has 0 aliphatic carbocycles. The Morgan fingerprint density at radius 1 is 0.679 bits per heavy atom. The number of hydrogen-bond donors (Lipinski definition) is 0. The molecule has 0 radical (unpaired) electrons. The predicted molar refractivity (Wildman–Crippen MR) is 126 cm³/mol. The van der Waals surface area contributed by atoms with Crippen molar-refractivity contribution in [2.75, 3.05) is 0 Å². The molecule has 0 unspecified atom stereocenters. The van der Waals surface area contributed by atoms with Crippen LogP contribution in [0.15, 0.2) is 78.5 Å². The minimum Gasteiger partial charge on any atom is -0.112 e. The normalized spacial score (nSPS) is 11.1. The van der Waals surface area contributed by atoms with E-state index in [2.05, 4.69) is 119 Å². The van der Waals surface area contributed by atoms with Gasteiger partial charge in [-0.25, -0.2) is 0 Å². The van der Waals surface area contributed by atoms with Gasteiger partial charge in [0.1, 0.15) is 0 Å². The quantitative estimate of drug-likeness (QED) is 0.322. The molecule has 0 aliphatic heterocycles. The highest BCUT2D eigenvalue weighted by Crippen LogP contribution is 2.33. The molecule has 142 valence electrons. The summed E-state index contributed by atoms with van der Waals surface area (Å²) in [5.74, 6) is 0. The zero-order chi connectivity index (χ0) is 20.3. The summed E-state index contributed by atoms with van der Waals surface area (Å²) in [6.07, 6.45) is 0. The number of benzene rings is 3. The lowest BCUT2D eigenvalue weighted by Crippen LogP contribution is -2.23. The van der Waals surface area contributed by atoms with Crippen molar-refractivity contribution in [1.82, 2.24) is 0 Å². The molecule has 0 saturated carbocycles. The molecule has 0 bridgehead atoms. The van der Waals surface area contributed by atoms with Crippen molar-refractivity contribution in [3.63, 3.8) is 0 Å². The molecule has 1 heteroatoms. The average molecular weight is 383 g/mol. The van der Waals surface area contributed by atoms with E-state index in [1.807, 2.05) is 0 Å². The Kier molecular flexibility index (Phi) is 5.89. The number of rotatable bonds is 4. The molecule has 0 fully saturated rings. The molecule has 3 aromatic rings. The monoisotopic (exact) mass is 382 g/mol. The lowest BCUT2D eigenvalue weighted by molar-refractivity contribution is 1.29. The lowest BCUT2D eigenvalue weighted by atomic mass is 9.96. The van der Waals surface area contributed by atoms with Gasteiger partial charge in [-0.05, 0) is 53.8 Å². The van der Waals surface area contributed by atoms with Gasteiger partial charge in [-0.1, -0.05) is 98.0 Å². The third kappa shape index (κ3) is 4.44. The van der Waals surface area contributed by atoms with E-state index < -0.39 is 8.07 Å². The summed E-state index contributed by atoms with van der Waals surface area (Å²) in [6.45, 7) is 13.9. The molecule has 3 aromatic carbocycles. The van der Waals surface area contributed by atoms with Crippen molar-refractivity contribution in [3.05, 3.63) is 112 Å². The van der Waals surface area contributed by atoms with Gasteiger partial charge in [-0.15, -0.1) is 5.73 Å². The van der Waals surface area contributed by atoms with Crippen LogP contribution >= 0.6 is 0 Å². The average Bonchev–Trinajstić information content (AvgIpc) is 2.64. The first-order chi connectivity index (χ1) is 13.3. The Bertz CT molecular complexity index is 964. The maximum Gasteiger partial charge on any atom is 0.0884 e. The standard InChI is InChI=1S/C27H30Si/c1-20-17-21(2)27(22(3)18-20)26(28(4,5)6)19-25(23-13-9-7-10-14-23)24-15-11-8-12-16-24/h7-18H,1-6H3. The van der Waals surface area contributed by atoms with E-state index >= 15 is 0 Å². The highest BCUT2D eigenvalue weighted by Gasteiger charge is 2.24. The van der Waals surface area contributed by atoms with Crippen LogP contribution in [0.25, 0.3) is 10.8 Å². The van der Waals surface area contributed by atoms with Crippen LogP contribution in [0.2, 0.25) is 19.6 Å². The number of aryl methyl sites for hydroxylation is 3. The largest absolute Gasteiger partial charge is 0.112 e. The molecular weight excluding hydrogens is 352 g/mol. The summed E-state index contributed by atoms with van der Waals surface area (Å²) in [5.41, 5.74) is 13.0. The van der Waals surface area contributed by atoms with Crippen LogP contribution in [0.1, 0.15) is 33.4 Å². The van der Waals surface area contributed by atoms with Crippen molar-refractivity contribution in [2.45, 2.75) is 40.4 Å². The van der Waals surface area contributed by atoms with Crippen LogP contribution in [0.5, 0.6) is 0 Å². The molecule has 0 atom stereocenters. The molecule has 0 amide bonds. The maximum absolute atomic E-state index is 3.94. The SMILES string of the molecule is Cc1cc(C)c(C(=C=C(c2ccccc2)c2ccccc2)[Si](C)(C)C)c(C)c1. The first-order valence-electron chi connectivity index (χ1n) is 9.98. The molecule has 0 N–H and O–H groups in total. The Morgan fingerprint density at radius 3 is 1.50 bits per heavy atom. The van der Waals surface area contributed by atoms with Crippen LogP contribution in [0.3, 0.4) is 0 Å². The molecule has 0 nitrogen and oxygen atoms in total. The first kappa shape index (κ1) is 20.1. The zero-order valence-electron chi connectivity index (χ0n) is 17.9. The molecule has 0 heterocycles. The van der Waals surface area contributed by atoms with Gasteiger partial charge < -0.3 is 0 Å². The first-order valence-corrected chi connectivity index (χ1v) is 13.5. The third-order valence-corrected chi connectivity index (χ3v) is 6.93. The Hall–Kier alpha value is -2.60. The molecule has 0 spiro atoms. The minimum absolute atomic E-state index is 1.18. The van der Waals surface area contributed by atoms with E-state index in [1.165, 1.54) is 44.2 Å². The topological polar surface area (TPSA) is 0 Å². The second-order valence-corrected chi connectivity index (χ2v) is 13.6. The molecule has 0 aliphatic rings. The van der Waals surface area contributed by atoms with Gasteiger partial charge in [-0.3, -0.25) is 0 Å². The summed E-state index contributed by atoms with van der Waals surface area (Å²) < 4.78 is 0. The van der Waals surface area contributed by atoms with Crippen LogP contribution < -0.4 is 0 Å². The van der Waals surface area contributed by atoms with Crippen LogP contribution in [-0.2, 0) is 0 Å². The fraction of sp³-hybridized carbons (Fsp3) is 0.222. The highest BCUT2D eigenvalue weighted by molar-refractivity contribution is 6.93. The van der Waals surface area contributed by atoms with Gasteiger partial charge in [0.25, 0.3) is 0 Å². The third-order valence-electron chi connectivity index (χ3n) is 5.05. The van der Waals surface area contributed by atoms with Crippen molar-refractivity contribution in [3.8, 4) is 0 Å². The smallest absolute Gasteiger partial charge is 0.0884 e. The molecular formula is C27H30Si. The van der Waals surface area contributed by atoms with Crippen molar-refractivity contribution >= 4 is 18.8 Å². The fourth-order valence-electron chi connectivity index (χ4n) is 3.85. The summed E-state index contributed by atoms with van der Waals surface area (Å²) in [4.78, 5) is 0. The van der Waals surface area contributed by atoms with Crippen molar-refractivity contribution in [1.29, 1.82) is 0 Å². The van der Waals surface area contributed by atoms with Gasteiger partial charge in [0, 0.05) is 5.57 Å². The van der Waals surface area contributed by atoms with Gasteiger partial charge in [0.2, 0.25) is 0 Å². The highest BCUT2D eigenvalue weighted by atomic mass is 28.3. The second kappa shape index (κ2) is 8.18. The van der Waals surface area contributed by atoms with Crippen LogP contribution in [0.4, 0.5) is 0 Å².